The van der Waals surface area contributed by atoms with E-state index in [1.54, 1.807) is 7.11 Å². The summed E-state index contributed by atoms with van der Waals surface area (Å²) in [6.45, 7) is 0. The Morgan fingerprint density at radius 3 is 2.77 bits per heavy atom. The van der Waals surface area contributed by atoms with Crippen LogP contribution in [-0.4, -0.2) is 28.5 Å². The lowest BCUT2D eigenvalue weighted by molar-refractivity contribution is 0.414. The first-order valence-corrected chi connectivity index (χ1v) is 6.87. The number of nitrogens with one attached hydrogen (secondary N) is 1. The highest BCUT2D eigenvalue weighted by Gasteiger charge is 2.26. The van der Waals surface area contributed by atoms with Gasteiger partial charge in [-0.3, -0.25) is 0 Å². The van der Waals surface area contributed by atoms with Gasteiger partial charge in [-0.15, -0.1) is 0 Å². The van der Waals surface area contributed by atoms with Crippen molar-refractivity contribution >= 4 is 14.4 Å². The van der Waals surface area contributed by atoms with Gasteiger partial charge >= 0.3 is 14.4 Å². The van der Waals surface area contributed by atoms with E-state index in [4.69, 9.17) is 4.74 Å². The van der Waals surface area contributed by atoms with E-state index in [-0.39, 0.29) is 0 Å². The highest BCUT2D eigenvalue weighted by Crippen LogP contribution is 2.24. The van der Waals surface area contributed by atoms with Crippen molar-refractivity contribution in [2.45, 2.75) is 10.6 Å². The van der Waals surface area contributed by atoms with E-state index < -0.39 is 14.4 Å². The van der Waals surface area contributed by atoms with Crippen molar-refractivity contribution in [2.75, 3.05) is 14.2 Å². The van der Waals surface area contributed by atoms with Crippen LogP contribution in [0.25, 0.3) is 0 Å². The number of hydrogen-bond donors (Lipinski definition) is 1. The predicted octanol–water partition coefficient (Wildman–Crippen LogP) is 1.08. The average molecular weight is 191 g/mol. The molecule has 1 aliphatic rings. The molecule has 1 aromatic rings. The first kappa shape index (κ1) is 9.08. The van der Waals surface area contributed by atoms with Crippen LogP contribution in [0.1, 0.15) is 11.1 Å². The second kappa shape index (κ2) is 3.71. The molecular formula is C10H14AlNO. The molecule has 1 N–H and O–H groups in total. The molecule has 0 saturated carbocycles. The van der Waals surface area contributed by atoms with E-state index in [0.717, 1.165) is 5.75 Å². The minimum atomic E-state index is -0.685. The number of methoxy groups -OCH3 is 1. The summed E-state index contributed by atoms with van der Waals surface area (Å²) < 4.78 is 8.65. The molecule has 0 atom stereocenters. The SMILES string of the molecule is C[NH][Al]1[CH2]c2ccc(OC)cc2[CH2]1. The van der Waals surface area contributed by atoms with Crippen LogP contribution in [0.2, 0.25) is 0 Å². The summed E-state index contributed by atoms with van der Waals surface area (Å²) in [5.41, 5.74) is 3.01. The summed E-state index contributed by atoms with van der Waals surface area (Å²) in [6.07, 6.45) is 0. The molecule has 0 bridgehead atoms. The molecule has 0 unspecified atom stereocenters. The van der Waals surface area contributed by atoms with Crippen LogP contribution in [0.15, 0.2) is 18.2 Å². The first-order valence-electron chi connectivity index (χ1n) is 4.66. The van der Waals surface area contributed by atoms with Crippen molar-refractivity contribution < 1.29 is 4.74 Å². The van der Waals surface area contributed by atoms with E-state index in [9.17, 15) is 0 Å². The van der Waals surface area contributed by atoms with Gasteiger partial charge in [-0.2, -0.15) is 0 Å². The summed E-state index contributed by atoms with van der Waals surface area (Å²) >= 11 is -0.685. The van der Waals surface area contributed by atoms with Gasteiger partial charge in [0.05, 0.1) is 7.11 Å². The summed E-state index contributed by atoms with van der Waals surface area (Å²) in [4.78, 5) is 0. The number of hydrogen-bond acceptors (Lipinski definition) is 2. The van der Waals surface area contributed by atoms with Gasteiger partial charge in [0.2, 0.25) is 0 Å². The van der Waals surface area contributed by atoms with Crippen LogP contribution < -0.4 is 9.04 Å². The van der Waals surface area contributed by atoms with Gasteiger partial charge in [-0.05, 0) is 19.2 Å². The molecule has 2 nitrogen and oxygen atoms in total. The Hall–Kier alpha value is -0.488. The van der Waals surface area contributed by atoms with E-state index in [1.807, 2.05) is 0 Å². The standard InChI is InChI=1S/C9H10O.CH4N.Al/c1-7-4-5-9(10-3)6-8(7)2;1-2;/h4-6H,1-2H2,3H3;2H,1H3;/q;-1;+1. The van der Waals surface area contributed by atoms with Crippen LogP contribution in [0, 0.1) is 0 Å². The highest BCUT2D eigenvalue weighted by molar-refractivity contribution is 6.56. The highest BCUT2D eigenvalue weighted by atomic mass is 27.2. The molecule has 0 aliphatic carbocycles. The molecule has 1 heterocycles. The average Bonchev–Trinajstić information content (AvgIpc) is 2.58. The maximum atomic E-state index is 5.20. The third-order valence-electron chi connectivity index (χ3n) is 2.75. The topological polar surface area (TPSA) is 21.3 Å². The Bertz CT molecular complexity index is 314. The molecule has 2 rings (SSSR count). The number of ether oxygens (including phenoxy) is 1. The fourth-order valence-corrected chi connectivity index (χ4v) is 4.32. The van der Waals surface area contributed by atoms with Gasteiger partial charge in [-0.25, -0.2) is 0 Å². The molecule has 0 spiro atoms. The van der Waals surface area contributed by atoms with E-state index >= 15 is 0 Å². The minimum absolute atomic E-state index is 0.685. The molecule has 1 aliphatic heterocycles. The molecular weight excluding hydrogens is 177 g/mol. The molecule has 68 valence electrons. The van der Waals surface area contributed by atoms with Gasteiger partial charge in [0.15, 0.2) is 0 Å². The number of benzene rings is 1. The second-order valence-electron chi connectivity index (χ2n) is 3.53. The monoisotopic (exact) mass is 191 g/mol. The maximum absolute atomic E-state index is 5.20. The lowest BCUT2D eigenvalue weighted by atomic mass is 10.1. The van der Waals surface area contributed by atoms with Crippen molar-refractivity contribution in [3.63, 3.8) is 0 Å². The van der Waals surface area contributed by atoms with Crippen molar-refractivity contribution in [3.05, 3.63) is 29.3 Å². The zero-order chi connectivity index (χ0) is 9.26. The molecule has 1 aromatic carbocycles. The molecule has 0 aromatic heterocycles. The van der Waals surface area contributed by atoms with Crippen molar-refractivity contribution in [2.24, 2.45) is 0 Å². The van der Waals surface area contributed by atoms with E-state index in [0.29, 0.717) is 0 Å². The summed E-state index contributed by atoms with van der Waals surface area (Å²) in [5, 5.41) is 2.55. The van der Waals surface area contributed by atoms with E-state index in [1.165, 1.54) is 21.7 Å². The second-order valence-corrected chi connectivity index (χ2v) is 6.32. The molecule has 0 fully saturated rings. The number of rotatable bonds is 2. The van der Waals surface area contributed by atoms with Crippen LogP contribution in [-0.2, 0) is 10.6 Å². The Morgan fingerprint density at radius 2 is 2.08 bits per heavy atom. The molecule has 0 amide bonds. The van der Waals surface area contributed by atoms with Gasteiger partial charge < -0.3 is 9.04 Å². The van der Waals surface area contributed by atoms with Gasteiger partial charge in [0.25, 0.3) is 0 Å². The van der Waals surface area contributed by atoms with Crippen molar-refractivity contribution in [3.8, 4) is 5.75 Å². The van der Waals surface area contributed by atoms with Gasteiger partial charge in [0.1, 0.15) is 5.75 Å². The zero-order valence-electron chi connectivity index (χ0n) is 8.13. The third-order valence-corrected chi connectivity index (χ3v) is 5.44. The minimum Gasteiger partial charge on any atom is -0.497 e. The molecule has 0 saturated heterocycles. The van der Waals surface area contributed by atoms with Crippen molar-refractivity contribution in [1.82, 2.24) is 4.30 Å². The fraction of sp³-hybridized carbons (Fsp3) is 0.400. The normalized spacial score (nSPS) is 14.5. The predicted molar refractivity (Wildman–Crippen MR) is 55.2 cm³/mol. The molecule has 3 heteroatoms. The lowest BCUT2D eigenvalue weighted by Gasteiger charge is -2.02. The first-order chi connectivity index (χ1) is 6.33. The van der Waals surface area contributed by atoms with Crippen LogP contribution >= 0.6 is 0 Å². The van der Waals surface area contributed by atoms with Crippen LogP contribution in [0.5, 0.6) is 5.75 Å². The third kappa shape index (κ3) is 1.73. The largest absolute Gasteiger partial charge is 0.497 e. The van der Waals surface area contributed by atoms with Crippen LogP contribution in [0.4, 0.5) is 0 Å². The van der Waals surface area contributed by atoms with Gasteiger partial charge in [0, 0.05) is 0 Å². The smallest absolute Gasteiger partial charge is 0.379 e. The lowest BCUT2D eigenvalue weighted by Crippen LogP contribution is -2.31. The summed E-state index contributed by atoms with van der Waals surface area (Å²) in [6, 6.07) is 6.45. The maximum Gasteiger partial charge on any atom is 0.379 e. The van der Waals surface area contributed by atoms with Gasteiger partial charge in [-0.1, -0.05) is 27.8 Å². The number of fused-ring (bicyclic) bond motifs is 1. The Kier molecular flexibility index (Phi) is 2.59. The Morgan fingerprint density at radius 1 is 1.31 bits per heavy atom. The fourth-order valence-electron chi connectivity index (χ4n) is 1.93. The molecule has 0 radical (unpaired) electrons. The Labute approximate surface area is 83.5 Å². The van der Waals surface area contributed by atoms with Crippen LogP contribution in [0.3, 0.4) is 0 Å². The quantitative estimate of drug-likeness (QED) is 0.706. The summed E-state index contributed by atoms with van der Waals surface area (Å²) in [7, 11) is 3.81. The Balaban J connectivity index is 2.25. The van der Waals surface area contributed by atoms with Crippen molar-refractivity contribution in [1.29, 1.82) is 0 Å². The summed E-state index contributed by atoms with van der Waals surface area (Å²) in [5.74, 6) is 0.990. The van der Waals surface area contributed by atoms with E-state index in [2.05, 4.69) is 29.5 Å². The zero-order valence-corrected chi connectivity index (χ0v) is 9.29. The molecule has 13 heavy (non-hydrogen) atoms.